The molecule has 1 amide bonds. The van der Waals surface area contributed by atoms with Gasteiger partial charge in [-0.25, -0.2) is 8.78 Å². The lowest BCUT2D eigenvalue weighted by Gasteiger charge is -2.18. The Morgan fingerprint density at radius 3 is 2.32 bits per heavy atom. The van der Waals surface area contributed by atoms with Crippen LogP contribution in [0, 0.1) is 21.7 Å². The van der Waals surface area contributed by atoms with E-state index < -0.39 is 22.5 Å². The van der Waals surface area contributed by atoms with Gasteiger partial charge in [0.05, 0.1) is 15.6 Å². The minimum Gasteiger partial charge on any atom is -0.310 e. The fourth-order valence-corrected chi connectivity index (χ4v) is 2.10. The molecule has 22 heavy (non-hydrogen) atoms. The Balaban J connectivity index is 2.42. The summed E-state index contributed by atoms with van der Waals surface area (Å²) in [6, 6.07) is 5.93. The molecule has 0 unspecified atom stereocenters. The van der Waals surface area contributed by atoms with Gasteiger partial charge in [0.15, 0.2) is 0 Å². The summed E-state index contributed by atoms with van der Waals surface area (Å²) >= 11 is 5.93. The standard InChI is InChI=1S/C14H9ClF2N2O3/c1-18(13-7-11(19(21)22)2-3-12(13)15)14(20)8-4-9(16)6-10(17)5-8/h2-7H,1H3. The number of anilines is 1. The number of nitro benzene ring substituents is 1. The van der Waals surface area contributed by atoms with Crippen molar-refractivity contribution in [3.8, 4) is 0 Å². The molecule has 0 saturated heterocycles. The van der Waals surface area contributed by atoms with Gasteiger partial charge in [-0.3, -0.25) is 14.9 Å². The summed E-state index contributed by atoms with van der Waals surface area (Å²) in [7, 11) is 1.30. The first-order valence-corrected chi connectivity index (χ1v) is 6.35. The Kier molecular flexibility index (Phi) is 4.37. The minimum absolute atomic E-state index is 0.0607. The molecule has 8 heteroatoms. The predicted molar refractivity (Wildman–Crippen MR) is 77.2 cm³/mol. The average molecular weight is 327 g/mol. The summed E-state index contributed by atoms with van der Waals surface area (Å²) in [4.78, 5) is 23.4. The monoisotopic (exact) mass is 326 g/mol. The molecule has 0 saturated carbocycles. The Bertz CT molecular complexity index is 747. The second-order valence-corrected chi connectivity index (χ2v) is 4.82. The number of non-ortho nitro benzene ring substituents is 1. The van der Waals surface area contributed by atoms with Crippen LogP contribution in [0.2, 0.25) is 5.02 Å². The van der Waals surface area contributed by atoms with E-state index in [2.05, 4.69) is 0 Å². The molecule has 0 aliphatic rings. The van der Waals surface area contributed by atoms with Gasteiger partial charge >= 0.3 is 0 Å². The average Bonchev–Trinajstić information content (AvgIpc) is 2.45. The lowest BCUT2D eigenvalue weighted by Crippen LogP contribution is -2.26. The van der Waals surface area contributed by atoms with Crippen LogP contribution in [-0.4, -0.2) is 17.9 Å². The van der Waals surface area contributed by atoms with E-state index >= 15 is 0 Å². The van der Waals surface area contributed by atoms with Crippen LogP contribution in [0.25, 0.3) is 0 Å². The van der Waals surface area contributed by atoms with Crippen LogP contribution in [0.1, 0.15) is 10.4 Å². The number of hydrogen-bond acceptors (Lipinski definition) is 3. The maximum atomic E-state index is 13.2. The second-order valence-electron chi connectivity index (χ2n) is 4.42. The number of carbonyl (C=O) groups excluding carboxylic acids is 1. The largest absolute Gasteiger partial charge is 0.310 e. The summed E-state index contributed by atoms with van der Waals surface area (Å²) < 4.78 is 26.4. The van der Waals surface area contributed by atoms with Crippen LogP contribution in [-0.2, 0) is 0 Å². The van der Waals surface area contributed by atoms with E-state index in [-0.39, 0.29) is 22.0 Å². The van der Waals surface area contributed by atoms with Crippen LogP contribution in [0.5, 0.6) is 0 Å². The maximum Gasteiger partial charge on any atom is 0.271 e. The smallest absolute Gasteiger partial charge is 0.271 e. The van der Waals surface area contributed by atoms with Crippen LogP contribution in [0.4, 0.5) is 20.2 Å². The third-order valence-electron chi connectivity index (χ3n) is 2.92. The summed E-state index contributed by atoms with van der Waals surface area (Å²) in [5, 5.41) is 10.9. The molecule has 0 heterocycles. The van der Waals surface area contributed by atoms with Crippen molar-refractivity contribution < 1.29 is 18.5 Å². The highest BCUT2D eigenvalue weighted by Crippen LogP contribution is 2.30. The molecular formula is C14H9ClF2N2O3. The highest BCUT2D eigenvalue weighted by atomic mass is 35.5. The van der Waals surface area contributed by atoms with Crippen molar-refractivity contribution in [2.75, 3.05) is 11.9 Å². The van der Waals surface area contributed by atoms with Gasteiger partial charge in [0.1, 0.15) is 11.6 Å². The van der Waals surface area contributed by atoms with Gasteiger partial charge in [0.2, 0.25) is 0 Å². The van der Waals surface area contributed by atoms with E-state index in [9.17, 15) is 23.7 Å². The zero-order chi connectivity index (χ0) is 16.4. The van der Waals surface area contributed by atoms with Crippen molar-refractivity contribution in [1.82, 2.24) is 0 Å². The molecule has 2 rings (SSSR count). The fraction of sp³-hybridized carbons (Fsp3) is 0.0714. The van der Waals surface area contributed by atoms with E-state index in [0.29, 0.717) is 6.07 Å². The maximum absolute atomic E-state index is 13.2. The van der Waals surface area contributed by atoms with Gasteiger partial charge in [-0.15, -0.1) is 0 Å². The first-order chi connectivity index (χ1) is 10.3. The molecular weight excluding hydrogens is 318 g/mol. The van der Waals surface area contributed by atoms with E-state index in [1.165, 1.54) is 19.2 Å². The van der Waals surface area contributed by atoms with Crippen molar-refractivity contribution in [3.05, 3.63) is 68.7 Å². The zero-order valence-electron chi connectivity index (χ0n) is 11.2. The molecule has 0 fully saturated rings. The number of nitro groups is 1. The van der Waals surface area contributed by atoms with Gasteiger partial charge in [0.25, 0.3) is 11.6 Å². The van der Waals surface area contributed by atoms with Crippen LogP contribution in [0.3, 0.4) is 0 Å². The SMILES string of the molecule is CN(C(=O)c1cc(F)cc(F)c1)c1cc([N+](=O)[O-])ccc1Cl. The van der Waals surface area contributed by atoms with Crippen LogP contribution < -0.4 is 4.90 Å². The number of halogens is 3. The lowest BCUT2D eigenvalue weighted by molar-refractivity contribution is -0.384. The second kappa shape index (κ2) is 6.07. The molecule has 5 nitrogen and oxygen atoms in total. The molecule has 114 valence electrons. The number of rotatable bonds is 3. The summed E-state index contributed by atoms with van der Waals surface area (Å²) in [6.07, 6.45) is 0. The number of amides is 1. The normalized spacial score (nSPS) is 10.4. The molecule has 0 aliphatic heterocycles. The van der Waals surface area contributed by atoms with Crippen molar-refractivity contribution in [2.45, 2.75) is 0 Å². The molecule has 0 aliphatic carbocycles. The Morgan fingerprint density at radius 2 is 1.77 bits per heavy atom. The van der Waals surface area contributed by atoms with Crippen molar-refractivity contribution in [2.24, 2.45) is 0 Å². The van der Waals surface area contributed by atoms with Crippen LogP contribution >= 0.6 is 11.6 Å². The molecule has 0 bridgehead atoms. The lowest BCUT2D eigenvalue weighted by atomic mass is 10.1. The Hall–Kier alpha value is -2.54. The molecule has 0 spiro atoms. The topological polar surface area (TPSA) is 63.5 Å². The fourth-order valence-electron chi connectivity index (χ4n) is 1.85. The first-order valence-electron chi connectivity index (χ1n) is 5.97. The predicted octanol–water partition coefficient (Wildman–Crippen LogP) is 3.80. The Morgan fingerprint density at radius 1 is 1.18 bits per heavy atom. The quantitative estimate of drug-likeness (QED) is 0.636. The minimum atomic E-state index is -0.901. The van der Waals surface area contributed by atoms with Crippen molar-refractivity contribution in [1.29, 1.82) is 0 Å². The Labute approximate surface area is 128 Å². The van der Waals surface area contributed by atoms with Gasteiger partial charge in [-0.2, -0.15) is 0 Å². The molecule has 0 aromatic heterocycles. The number of hydrogen-bond donors (Lipinski definition) is 0. The summed E-state index contributed by atoms with van der Waals surface area (Å²) in [5.41, 5.74) is -0.433. The van der Waals surface area contributed by atoms with E-state index in [0.717, 1.165) is 23.1 Å². The molecule has 0 N–H and O–H groups in total. The van der Waals surface area contributed by atoms with Crippen molar-refractivity contribution in [3.63, 3.8) is 0 Å². The highest BCUT2D eigenvalue weighted by molar-refractivity contribution is 6.34. The van der Waals surface area contributed by atoms with Gasteiger partial charge in [-0.05, 0) is 18.2 Å². The van der Waals surface area contributed by atoms with Gasteiger partial charge in [0, 0.05) is 30.8 Å². The molecule has 0 atom stereocenters. The number of carbonyl (C=O) groups is 1. The molecule has 2 aromatic carbocycles. The third kappa shape index (κ3) is 3.20. The highest BCUT2D eigenvalue weighted by Gasteiger charge is 2.20. The molecule has 0 radical (unpaired) electrons. The zero-order valence-corrected chi connectivity index (χ0v) is 12.0. The van der Waals surface area contributed by atoms with E-state index in [4.69, 9.17) is 11.6 Å². The number of benzene rings is 2. The summed E-state index contributed by atoms with van der Waals surface area (Å²) in [6.45, 7) is 0. The number of nitrogens with zero attached hydrogens (tertiary/aromatic N) is 2. The summed E-state index contributed by atoms with van der Waals surface area (Å²) in [5.74, 6) is -2.55. The van der Waals surface area contributed by atoms with E-state index in [1.807, 2.05) is 0 Å². The van der Waals surface area contributed by atoms with Gasteiger partial charge in [-0.1, -0.05) is 11.6 Å². The van der Waals surface area contributed by atoms with Crippen molar-refractivity contribution >= 4 is 28.9 Å². The first kappa shape index (κ1) is 15.8. The van der Waals surface area contributed by atoms with Gasteiger partial charge < -0.3 is 4.90 Å². The third-order valence-corrected chi connectivity index (χ3v) is 3.24. The molecule has 2 aromatic rings. The van der Waals surface area contributed by atoms with Crippen LogP contribution in [0.15, 0.2) is 36.4 Å². The van der Waals surface area contributed by atoms with E-state index in [1.54, 1.807) is 0 Å².